The van der Waals surface area contributed by atoms with Crippen LogP contribution in [0.5, 0.6) is 11.5 Å². The first-order valence-electron chi connectivity index (χ1n) is 9.72. The molecule has 0 aliphatic carbocycles. The number of ether oxygens (including phenoxy) is 2. The Morgan fingerprint density at radius 3 is 2.71 bits per heavy atom. The van der Waals surface area contributed by atoms with Crippen molar-refractivity contribution in [2.24, 2.45) is 0 Å². The molecule has 31 heavy (non-hydrogen) atoms. The van der Waals surface area contributed by atoms with Crippen LogP contribution in [0.2, 0.25) is 0 Å². The number of methoxy groups -OCH3 is 1. The molecule has 4 aromatic rings. The van der Waals surface area contributed by atoms with E-state index in [0.29, 0.717) is 40.8 Å². The van der Waals surface area contributed by atoms with E-state index < -0.39 is 5.82 Å². The van der Waals surface area contributed by atoms with E-state index in [0.717, 1.165) is 0 Å². The summed E-state index contributed by atoms with van der Waals surface area (Å²) < 4.78 is 27.6. The molecular formula is C22H21FN4O3S. The smallest absolute Gasteiger partial charge is 0.266 e. The molecule has 7 nitrogen and oxygen atoms in total. The highest BCUT2D eigenvalue weighted by atomic mass is 32.1. The molecule has 0 fully saturated rings. The van der Waals surface area contributed by atoms with E-state index in [2.05, 4.69) is 9.97 Å². The Morgan fingerprint density at radius 2 is 2.00 bits per heavy atom. The van der Waals surface area contributed by atoms with Gasteiger partial charge in [-0.2, -0.15) is 0 Å². The number of carbonyl (C=O) groups excluding carboxylic acids is 1. The van der Waals surface area contributed by atoms with Gasteiger partial charge in [0.15, 0.2) is 11.7 Å². The minimum atomic E-state index is -0.403. The molecule has 9 heteroatoms. The molecule has 2 aromatic heterocycles. The number of para-hydroxylation sites is 1. The largest absolute Gasteiger partial charge is 0.497 e. The molecule has 0 N–H and O–H groups in total. The van der Waals surface area contributed by atoms with Gasteiger partial charge in [0, 0.05) is 25.5 Å². The molecule has 2 aromatic carbocycles. The van der Waals surface area contributed by atoms with Crippen LogP contribution in [0.1, 0.15) is 6.42 Å². The number of imidazole rings is 1. The minimum absolute atomic E-state index is 0.157. The number of aromatic nitrogens is 3. The van der Waals surface area contributed by atoms with E-state index >= 15 is 0 Å². The van der Waals surface area contributed by atoms with Crippen molar-refractivity contribution in [2.75, 3.05) is 25.2 Å². The summed E-state index contributed by atoms with van der Waals surface area (Å²) in [6, 6.07) is 11.8. The number of anilines is 1. The number of amides is 1. The molecule has 0 saturated heterocycles. The maximum Gasteiger partial charge on any atom is 0.266 e. The molecule has 2 heterocycles. The number of benzene rings is 2. The third-order valence-corrected chi connectivity index (χ3v) is 5.71. The van der Waals surface area contributed by atoms with E-state index in [4.69, 9.17) is 9.47 Å². The standard InChI is InChI=1S/C22H21FN4O3S/c1-29-16-6-8-17(9-7-16)30-14-20(28)27(12-3-11-26-13-10-24-15-26)22-25-21-18(23)4-2-5-19(21)31-22/h2,4-10,13,15H,3,11-12,14H2,1H3. The van der Waals surface area contributed by atoms with Gasteiger partial charge >= 0.3 is 0 Å². The number of carbonyl (C=O) groups is 1. The fraction of sp³-hybridized carbons (Fsp3) is 0.227. The normalized spacial score (nSPS) is 10.9. The first-order valence-corrected chi connectivity index (χ1v) is 10.5. The van der Waals surface area contributed by atoms with Crippen LogP contribution in [-0.2, 0) is 11.3 Å². The molecule has 160 valence electrons. The summed E-state index contributed by atoms with van der Waals surface area (Å²) in [5, 5.41) is 0.453. The van der Waals surface area contributed by atoms with E-state index in [1.807, 2.05) is 10.8 Å². The van der Waals surface area contributed by atoms with Gasteiger partial charge in [0.2, 0.25) is 0 Å². The lowest BCUT2D eigenvalue weighted by molar-refractivity contribution is -0.120. The number of thiazole rings is 1. The van der Waals surface area contributed by atoms with E-state index in [-0.39, 0.29) is 18.0 Å². The van der Waals surface area contributed by atoms with Crippen LogP contribution in [0.3, 0.4) is 0 Å². The van der Waals surface area contributed by atoms with Crippen molar-refractivity contribution < 1.29 is 18.7 Å². The van der Waals surface area contributed by atoms with Gasteiger partial charge in [0.05, 0.1) is 18.1 Å². The van der Waals surface area contributed by atoms with Gasteiger partial charge in [-0.25, -0.2) is 14.4 Å². The molecule has 0 saturated carbocycles. The van der Waals surface area contributed by atoms with Gasteiger partial charge in [0.25, 0.3) is 5.91 Å². The van der Waals surface area contributed by atoms with Crippen LogP contribution >= 0.6 is 11.3 Å². The Morgan fingerprint density at radius 1 is 1.19 bits per heavy atom. The lowest BCUT2D eigenvalue weighted by Crippen LogP contribution is -2.36. The monoisotopic (exact) mass is 440 g/mol. The van der Waals surface area contributed by atoms with Crippen LogP contribution in [0.15, 0.2) is 61.2 Å². The van der Waals surface area contributed by atoms with Crippen molar-refractivity contribution in [1.29, 1.82) is 0 Å². The maximum atomic E-state index is 14.1. The van der Waals surface area contributed by atoms with Crippen molar-refractivity contribution in [3.63, 3.8) is 0 Å². The zero-order chi connectivity index (χ0) is 21.6. The van der Waals surface area contributed by atoms with Gasteiger partial charge in [-0.3, -0.25) is 9.69 Å². The van der Waals surface area contributed by atoms with Crippen molar-refractivity contribution in [1.82, 2.24) is 14.5 Å². The topological polar surface area (TPSA) is 69.5 Å². The number of rotatable bonds is 9. The van der Waals surface area contributed by atoms with E-state index in [9.17, 15) is 9.18 Å². The second kappa shape index (κ2) is 9.57. The third-order valence-electron chi connectivity index (χ3n) is 4.67. The van der Waals surface area contributed by atoms with Crippen molar-refractivity contribution in [3.05, 3.63) is 67.0 Å². The Balaban J connectivity index is 1.49. The van der Waals surface area contributed by atoms with Crippen LogP contribution in [-0.4, -0.2) is 40.7 Å². The Hall–Kier alpha value is -3.46. The molecule has 0 aliphatic heterocycles. The molecule has 4 rings (SSSR count). The predicted octanol–water partition coefficient (Wildman–Crippen LogP) is 4.14. The fourth-order valence-electron chi connectivity index (χ4n) is 3.07. The molecule has 0 atom stereocenters. The Bertz CT molecular complexity index is 1150. The van der Waals surface area contributed by atoms with E-state index in [1.54, 1.807) is 60.9 Å². The SMILES string of the molecule is COc1ccc(OCC(=O)N(CCCn2ccnc2)c2nc3c(F)cccc3s2)cc1. The summed E-state index contributed by atoms with van der Waals surface area (Å²) in [5.41, 5.74) is 0.269. The summed E-state index contributed by atoms with van der Waals surface area (Å²) in [5.74, 6) is 0.611. The summed E-state index contributed by atoms with van der Waals surface area (Å²) in [7, 11) is 1.59. The van der Waals surface area contributed by atoms with E-state index in [1.165, 1.54) is 17.4 Å². The van der Waals surface area contributed by atoms with Gasteiger partial charge in [-0.1, -0.05) is 17.4 Å². The quantitative estimate of drug-likeness (QED) is 0.391. The van der Waals surface area contributed by atoms with Crippen LogP contribution in [0.4, 0.5) is 9.52 Å². The van der Waals surface area contributed by atoms with Crippen LogP contribution in [0, 0.1) is 5.82 Å². The van der Waals surface area contributed by atoms with Crippen LogP contribution < -0.4 is 14.4 Å². The summed E-state index contributed by atoms with van der Waals surface area (Å²) >= 11 is 1.29. The number of hydrogen-bond donors (Lipinski definition) is 0. The lowest BCUT2D eigenvalue weighted by Gasteiger charge is -2.20. The summed E-state index contributed by atoms with van der Waals surface area (Å²) in [4.78, 5) is 23.0. The molecule has 0 spiro atoms. The first kappa shape index (κ1) is 20.8. The number of aryl methyl sites for hydroxylation is 1. The average Bonchev–Trinajstić information content (AvgIpc) is 3.46. The molecule has 0 bridgehead atoms. The Kier molecular flexibility index (Phi) is 6.42. The second-order valence-corrected chi connectivity index (χ2v) is 7.76. The highest BCUT2D eigenvalue weighted by Gasteiger charge is 2.21. The Labute approximate surface area is 182 Å². The highest BCUT2D eigenvalue weighted by molar-refractivity contribution is 7.22. The van der Waals surface area contributed by atoms with Gasteiger partial charge in [-0.15, -0.1) is 0 Å². The van der Waals surface area contributed by atoms with Gasteiger partial charge in [0.1, 0.15) is 22.8 Å². The van der Waals surface area contributed by atoms with Gasteiger partial charge in [-0.05, 0) is 42.8 Å². The lowest BCUT2D eigenvalue weighted by atomic mass is 10.3. The molecule has 0 radical (unpaired) electrons. The minimum Gasteiger partial charge on any atom is -0.497 e. The number of hydrogen-bond acceptors (Lipinski definition) is 6. The number of fused-ring (bicyclic) bond motifs is 1. The average molecular weight is 441 g/mol. The van der Waals surface area contributed by atoms with Crippen LogP contribution in [0.25, 0.3) is 10.2 Å². The van der Waals surface area contributed by atoms with Crippen molar-refractivity contribution in [2.45, 2.75) is 13.0 Å². The zero-order valence-electron chi connectivity index (χ0n) is 16.9. The number of halogens is 1. The molecule has 0 aliphatic rings. The molecule has 1 amide bonds. The molecular weight excluding hydrogens is 419 g/mol. The fourth-order valence-corrected chi connectivity index (χ4v) is 4.09. The zero-order valence-corrected chi connectivity index (χ0v) is 17.7. The summed E-state index contributed by atoms with van der Waals surface area (Å²) in [6.45, 7) is 0.961. The van der Waals surface area contributed by atoms with Crippen molar-refractivity contribution in [3.8, 4) is 11.5 Å². The first-order chi connectivity index (χ1) is 15.1. The summed E-state index contributed by atoms with van der Waals surface area (Å²) in [6.07, 6.45) is 5.99. The predicted molar refractivity (Wildman–Crippen MR) is 117 cm³/mol. The number of nitrogens with zero attached hydrogens (tertiary/aromatic N) is 4. The van der Waals surface area contributed by atoms with Gasteiger partial charge < -0.3 is 14.0 Å². The maximum absolute atomic E-state index is 14.1. The highest BCUT2D eigenvalue weighted by Crippen LogP contribution is 2.30. The molecule has 0 unspecified atom stereocenters. The third kappa shape index (κ3) is 5.00. The van der Waals surface area contributed by atoms with Crippen molar-refractivity contribution >= 4 is 32.6 Å². The second-order valence-electron chi connectivity index (χ2n) is 6.75.